The Balaban J connectivity index is 2.05. The smallest absolute Gasteiger partial charge is 0.254 e. The molecule has 0 aromatic carbocycles. The predicted molar refractivity (Wildman–Crippen MR) is 88.8 cm³/mol. The van der Waals surface area contributed by atoms with Gasteiger partial charge in [-0.3, -0.25) is 14.3 Å². The lowest BCUT2D eigenvalue weighted by atomic mass is 9.85. The van der Waals surface area contributed by atoms with E-state index >= 15 is 0 Å². The summed E-state index contributed by atoms with van der Waals surface area (Å²) in [5.74, 6) is 0.00376. The van der Waals surface area contributed by atoms with Gasteiger partial charge in [-0.05, 0) is 31.6 Å². The molecule has 1 heterocycles. The van der Waals surface area contributed by atoms with Gasteiger partial charge < -0.3 is 11.1 Å². The van der Waals surface area contributed by atoms with Gasteiger partial charge in [0, 0.05) is 18.5 Å². The molecule has 1 aromatic heterocycles. The van der Waals surface area contributed by atoms with Crippen molar-refractivity contribution in [2.45, 2.75) is 65.5 Å². The molecule has 1 saturated carbocycles. The van der Waals surface area contributed by atoms with Crippen molar-refractivity contribution in [1.82, 2.24) is 15.1 Å². The van der Waals surface area contributed by atoms with Gasteiger partial charge in [-0.15, -0.1) is 0 Å². The Morgan fingerprint density at radius 2 is 2.17 bits per heavy atom. The SMILES string of the molecule is CCc1c(C(=O)N[C@@H]2CCC[C@H](C(N)=O)C2)cnn1CC(C)C. The molecular weight excluding hydrogens is 292 g/mol. The number of carbonyl (C=O) groups is 2. The van der Waals surface area contributed by atoms with E-state index in [2.05, 4.69) is 24.3 Å². The van der Waals surface area contributed by atoms with E-state index in [1.165, 1.54) is 0 Å². The molecule has 0 unspecified atom stereocenters. The minimum absolute atomic E-state index is 0.0203. The number of carbonyl (C=O) groups excluding carboxylic acids is 2. The summed E-state index contributed by atoms with van der Waals surface area (Å²) in [5, 5.41) is 7.43. The zero-order valence-electron chi connectivity index (χ0n) is 14.3. The van der Waals surface area contributed by atoms with E-state index in [0.717, 1.165) is 37.9 Å². The molecule has 2 rings (SSSR count). The van der Waals surface area contributed by atoms with E-state index in [-0.39, 0.29) is 23.8 Å². The number of amides is 2. The first-order valence-corrected chi connectivity index (χ1v) is 8.57. The lowest BCUT2D eigenvalue weighted by molar-refractivity contribution is -0.122. The van der Waals surface area contributed by atoms with Gasteiger partial charge in [-0.25, -0.2) is 0 Å². The third-order valence-corrected chi connectivity index (χ3v) is 4.48. The molecule has 0 aliphatic heterocycles. The van der Waals surface area contributed by atoms with E-state index in [1.54, 1.807) is 6.20 Å². The molecule has 0 saturated heterocycles. The zero-order chi connectivity index (χ0) is 17.0. The van der Waals surface area contributed by atoms with Crippen molar-refractivity contribution in [2.75, 3.05) is 0 Å². The molecule has 2 atom stereocenters. The molecule has 2 amide bonds. The number of nitrogens with two attached hydrogens (primary N) is 1. The minimum atomic E-state index is -0.261. The average Bonchev–Trinajstić information content (AvgIpc) is 2.89. The van der Waals surface area contributed by atoms with Crippen LogP contribution in [0.3, 0.4) is 0 Å². The summed E-state index contributed by atoms with van der Waals surface area (Å²) in [6.07, 6.45) is 5.72. The lowest BCUT2D eigenvalue weighted by Crippen LogP contribution is -2.41. The summed E-state index contributed by atoms with van der Waals surface area (Å²) < 4.78 is 1.92. The second kappa shape index (κ2) is 7.62. The Kier molecular flexibility index (Phi) is 5.80. The van der Waals surface area contributed by atoms with Crippen LogP contribution in [0.2, 0.25) is 0 Å². The second-order valence-corrected chi connectivity index (χ2v) is 6.87. The number of nitrogens with one attached hydrogen (secondary N) is 1. The molecule has 6 nitrogen and oxygen atoms in total. The van der Waals surface area contributed by atoms with Crippen molar-refractivity contribution < 1.29 is 9.59 Å². The van der Waals surface area contributed by atoms with Crippen molar-refractivity contribution in [3.05, 3.63) is 17.5 Å². The predicted octanol–water partition coefficient (Wildman–Crippen LogP) is 1.88. The van der Waals surface area contributed by atoms with Crippen molar-refractivity contribution in [1.29, 1.82) is 0 Å². The van der Waals surface area contributed by atoms with E-state index in [4.69, 9.17) is 5.73 Å². The van der Waals surface area contributed by atoms with Crippen LogP contribution in [0.5, 0.6) is 0 Å². The highest BCUT2D eigenvalue weighted by Gasteiger charge is 2.27. The molecule has 6 heteroatoms. The van der Waals surface area contributed by atoms with E-state index in [1.807, 2.05) is 11.6 Å². The molecule has 1 fully saturated rings. The number of hydrogen-bond donors (Lipinski definition) is 2. The minimum Gasteiger partial charge on any atom is -0.369 e. The Morgan fingerprint density at radius 3 is 2.78 bits per heavy atom. The van der Waals surface area contributed by atoms with Crippen molar-refractivity contribution >= 4 is 11.8 Å². The normalized spacial score (nSPS) is 21.4. The third-order valence-electron chi connectivity index (χ3n) is 4.48. The van der Waals surface area contributed by atoms with Gasteiger partial charge in [0.25, 0.3) is 5.91 Å². The lowest BCUT2D eigenvalue weighted by Gasteiger charge is -2.27. The summed E-state index contributed by atoms with van der Waals surface area (Å²) in [5.41, 5.74) is 7.02. The molecule has 1 aliphatic carbocycles. The summed E-state index contributed by atoms with van der Waals surface area (Å²) in [7, 11) is 0. The van der Waals surface area contributed by atoms with E-state index in [9.17, 15) is 9.59 Å². The molecule has 23 heavy (non-hydrogen) atoms. The van der Waals surface area contributed by atoms with Crippen LogP contribution in [0.25, 0.3) is 0 Å². The zero-order valence-corrected chi connectivity index (χ0v) is 14.3. The summed E-state index contributed by atoms with van der Waals surface area (Å²) in [6, 6.07) is 0.0203. The topological polar surface area (TPSA) is 90.0 Å². The van der Waals surface area contributed by atoms with E-state index in [0.29, 0.717) is 17.9 Å². The number of nitrogens with zero attached hydrogens (tertiary/aromatic N) is 2. The van der Waals surface area contributed by atoms with Gasteiger partial charge in [-0.2, -0.15) is 5.10 Å². The first-order valence-electron chi connectivity index (χ1n) is 8.57. The van der Waals surface area contributed by atoms with Crippen molar-refractivity contribution in [2.24, 2.45) is 17.6 Å². The highest BCUT2D eigenvalue weighted by molar-refractivity contribution is 5.95. The number of primary amides is 1. The molecule has 1 aromatic rings. The molecule has 0 spiro atoms. The fourth-order valence-electron chi connectivity index (χ4n) is 3.32. The van der Waals surface area contributed by atoms with Crippen LogP contribution in [-0.4, -0.2) is 27.6 Å². The maximum atomic E-state index is 12.6. The summed E-state index contributed by atoms with van der Waals surface area (Å²) in [4.78, 5) is 23.9. The van der Waals surface area contributed by atoms with Crippen LogP contribution in [0.4, 0.5) is 0 Å². The average molecular weight is 320 g/mol. The first kappa shape index (κ1) is 17.5. The number of rotatable bonds is 6. The van der Waals surface area contributed by atoms with Crippen LogP contribution in [-0.2, 0) is 17.8 Å². The third kappa shape index (κ3) is 4.33. The quantitative estimate of drug-likeness (QED) is 0.838. The first-order chi connectivity index (χ1) is 10.9. The largest absolute Gasteiger partial charge is 0.369 e. The van der Waals surface area contributed by atoms with Gasteiger partial charge in [0.2, 0.25) is 5.91 Å². The number of aromatic nitrogens is 2. The Bertz CT molecular complexity index is 565. The van der Waals surface area contributed by atoms with Gasteiger partial charge in [0.15, 0.2) is 0 Å². The van der Waals surface area contributed by atoms with Gasteiger partial charge in [0.1, 0.15) is 0 Å². The Hall–Kier alpha value is -1.85. The van der Waals surface area contributed by atoms with Gasteiger partial charge >= 0.3 is 0 Å². The van der Waals surface area contributed by atoms with Gasteiger partial charge in [-0.1, -0.05) is 27.2 Å². The van der Waals surface area contributed by atoms with Crippen molar-refractivity contribution in [3.63, 3.8) is 0 Å². The van der Waals surface area contributed by atoms with Crippen LogP contribution in [0, 0.1) is 11.8 Å². The van der Waals surface area contributed by atoms with Crippen LogP contribution in [0.1, 0.15) is 62.5 Å². The molecule has 128 valence electrons. The Morgan fingerprint density at radius 1 is 1.43 bits per heavy atom. The highest BCUT2D eigenvalue weighted by Crippen LogP contribution is 2.24. The molecule has 3 N–H and O–H groups in total. The standard InChI is InChI=1S/C17H28N4O2/c1-4-15-14(9-19-21(15)10-11(2)3)17(23)20-13-7-5-6-12(8-13)16(18)22/h9,11-13H,4-8,10H2,1-3H3,(H2,18,22)(H,20,23)/t12-,13+/m0/s1. The summed E-state index contributed by atoms with van der Waals surface area (Å²) >= 11 is 0. The van der Waals surface area contributed by atoms with Crippen LogP contribution < -0.4 is 11.1 Å². The van der Waals surface area contributed by atoms with Gasteiger partial charge in [0.05, 0.1) is 17.5 Å². The Labute approximate surface area is 137 Å². The fourth-order valence-corrected chi connectivity index (χ4v) is 3.32. The molecule has 0 bridgehead atoms. The molecule has 0 radical (unpaired) electrons. The maximum absolute atomic E-state index is 12.6. The monoisotopic (exact) mass is 320 g/mol. The molecule has 1 aliphatic rings. The van der Waals surface area contributed by atoms with E-state index < -0.39 is 0 Å². The highest BCUT2D eigenvalue weighted by atomic mass is 16.2. The van der Waals surface area contributed by atoms with Crippen LogP contribution in [0.15, 0.2) is 6.20 Å². The molecular formula is C17H28N4O2. The fraction of sp³-hybridized carbons (Fsp3) is 0.706. The number of hydrogen-bond acceptors (Lipinski definition) is 3. The maximum Gasteiger partial charge on any atom is 0.254 e. The summed E-state index contributed by atoms with van der Waals surface area (Å²) in [6.45, 7) is 7.11. The van der Waals surface area contributed by atoms with Crippen LogP contribution >= 0.6 is 0 Å². The second-order valence-electron chi connectivity index (χ2n) is 6.87. The van der Waals surface area contributed by atoms with Crippen molar-refractivity contribution in [3.8, 4) is 0 Å².